The van der Waals surface area contributed by atoms with Gasteiger partial charge < -0.3 is 14.8 Å². The fourth-order valence-electron chi connectivity index (χ4n) is 1.48. The van der Waals surface area contributed by atoms with Gasteiger partial charge in [-0.2, -0.15) is 0 Å². The highest BCUT2D eigenvalue weighted by atomic mass is 79.9. The Bertz CT molecular complexity index is 482. The largest absolute Gasteiger partial charge is 0.362 e. The average molecular weight is 297 g/mol. The van der Waals surface area contributed by atoms with Gasteiger partial charge in [0, 0.05) is 11.1 Å². The highest BCUT2D eigenvalue weighted by Crippen LogP contribution is 2.21. The van der Waals surface area contributed by atoms with E-state index >= 15 is 0 Å². The summed E-state index contributed by atoms with van der Waals surface area (Å²) < 4.78 is 6.07. The minimum absolute atomic E-state index is 0.421. The van der Waals surface area contributed by atoms with Gasteiger partial charge in [0.05, 0.1) is 11.9 Å². The summed E-state index contributed by atoms with van der Waals surface area (Å²) >= 11 is 3.38. The molecule has 2 rings (SSSR count). The number of H-pyrrole nitrogens is 1. The van der Waals surface area contributed by atoms with Crippen LogP contribution in [0.2, 0.25) is 0 Å². The summed E-state index contributed by atoms with van der Waals surface area (Å²) in [5.74, 6) is 0.421. The molecule has 2 aromatic rings. The number of nitrogens with one attached hydrogen (secondary N) is 1. The minimum atomic E-state index is -0.996. The summed E-state index contributed by atoms with van der Waals surface area (Å²) in [7, 11) is 0. The van der Waals surface area contributed by atoms with Crippen molar-refractivity contribution < 1.29 is 9.84 Å². The van der Waals surface area contributed by atoms with Crippen molar-refractivity contribution in [2.75, 3.05) is 6.61 Å². The molecule has 1 aromatic carbocycles. The van der Waals surface area contributed by atoms with E-state index in [0.717, 1.165) is 15.7 Å². The van der Waals surface area contributed by atoms with Crippen molar-refractivity contribution >= 4 is 15.9 Å². The van der Waals surface area contributed by atoms with Gasteiger partial charge in [-0.25, -0.2) is 4.98 Å². The first-order chi connectivity index (χ1) is 8.20. The van der Waals surface area contributed by atoms with Gasteiger partial charge >= 0.3 is 0 Å². The lowest BCUT2D eigenvalue weighted by Gasteiger charge is -2.06. The molecule has 1 unspecified atom stereocenters. The maximum Gasteiger partial charge on any atom is 0.214 e. The van der Waals surface area contributed by atoms with Crippen LogP contribution in [0.3, 0.4) is 0 Å². The van der Waals surface area contributed by atoms with Crippen LogP contribution in [0.4, 0.5) is 0 Å². The molecule has 4 nitrogen and oxygen atoms in total. The molecule has 0 bridgehead atoms. The van der Waals surface area contributed by atoms with Gasteiger partial charge in [-0.3, -0.25) is 0 Å². The molecule has 1 aromatic heterocycles. The topological polar surface area (TPSA) is 58.1 Å². The minimum Gasteiger partial charge on any atom is -0.362 e. The first-order valence-corrected chi connectivity index (χ1v) is 6.10. The number of imidazole rings is 1. The summed E-state index contributed by atoms with van der Waals surface area (Å²) in [6.07, 6.45) is 0.685. The number of aromatic nitrogens is 2. The van der Waals surface area contributed by atoms with Crippen molar-refractivity contribution in [3.63, 3.8) is 0 Å². The number of halogens is 1. The molecule has 0 aliphatic heterocycles. The maximum absolute atomic E-state index is 9.60. The smallest absolute Gasteiger partial charge is 0.214 e. The number of hydrogen-bond donors (Lipinski definition) is 2. The molecule has 0 saturated carbocycles. The predicted molar refractivity (Wildman–Crippen MR) is 68.3 cm³/mol. The van der Waals surface area contributed by atoms with E-state index in [-0.39, 0.29) is 0 Å². The quantitative estimate of drug-likeness (QED) is 0.853. The van der Waals surface area contributed by atoms with E-state index < -0.39 is 6.29 Å². The molecule has 0 radical (unpaired) electrons. The van der Waals surface area contributed by atoms with Crippen molar-refractivity contribution in [1.29, 1.82) is 0 Å². The Morgan fingerprint density at radius 3 is 2.76 bits per heavy atom. The van der Waals surface area contributed by atoms with Crippen molar-refractivity contribution in [3.05, 3.63) is 40.8 Å². The summed E-state index contributed by atoms with van der Waals surface area (Å²) in [6, 6.07) is 7.84. The van der Waals surface area contributed by atoms with Gasteiger partial charge in [-0.1, -0.05) is 28.1 Å². The third kappa shape index (κ3) is 2.94. The van der Waals surface area contributed by atoms with Crippen molar-refractivity contribution in [3.8, 4) is 11.3 Å². The number of aliphatic hydroxyl groups excluding tert-OH is 1. The third-order valence-corrected chi connectivity index (χ3v) is 2.84. The Labute approximate surface area is 108 Å². The molecule has 5 heteroatoms. The molecule has 1 atom stereocenters. The number of rotatable bonds is 4. The van der Waals surface area contributed by atoms with Crippen molar-refractivity contribution in [2.45, 2.75) is 13.2 Å². The standard InChI is InChI=1S/C12H13BrN2O2/c1-2-17-12(16)11-14-7-10(15-11)8-3-5-9(13)6-4-8/h3-7,12,16H,2H2,1H3,(H,14,15). The summed E-state index contributed by atoms with van der Waals surface area (Å²) in [6.45, 7) is 2.26. The Kier molecular flexibility index (Phi) is 3.93. The number of aromatic amines is 1. The molecule has 0 spiro atoms. The van der Waals surface area contributed by atoms with Gasteiger partial charge in [-0.05, 0) is 24.6 Å². The Hall–Kier alpha value is -1.17. The molecule has 1 heterocycles. The number of benzene rings is 1. The Morgan fingerprint density at radius 2 is 2.12 bits per heavy atom. The number of ether oxygens (including phenoxy) is 1. The lowest BCUT2D eigenvalue weighted by Crippen LogP contribution is -2.04. The SMILES string of the molecule is CCOC(O)c1ncc(-c2ccc(Br)cc2)[nH]1. The second kappa shape index (κ2) is 5.44. The van der Waals surface area contributed by atoms with E-state index in [1.165, 1.54) is 0 Å². The van der Waals surface area contributed by atoms with Gasteiger partial charge in [-0.15, -0.1) is 0 Å². The van der Waals surface area contributed by atoms with Crippen LogP contribution in [0.15, 0.2) is 34.9 Å². The number of aliphatic hydroxyl groups is 1. The van der Waals surface area contributed by atoms with Crippen LogP contribution in [0.5, 0.6) is 0 Å². The zero-order valence-electron chi connectivity index (χ0n) is 9.35. The van der Waals surface area contributed by atoms with Gasteiger partial charge in [0.25, 0.3) is 0 Å². The summed E-state index contributed by atoms with van der Waals surface area (Å²) in [5.41, 5.74) is 1.86. The fraction of sp³-hybridized carbons (Fsp3) is 0.250. The highest BCUT2D eigenvalue weighted by Gasteiger charge is 2.11. The molecule has 2 N–H and O–H groups in total. The van der Waals surface area contributed by atoms with E-state index in [0.29, 0.717) is 12.4 Å². The van der Waals surface area contributed by atoms with Crippen molar-refractivity contribution in [2.24, 2.45) is 0 Å². The Morgan fingerprint density at radius 1 is 1.41 bits per heavy atom. The van der Waals surface area contributed by atoms with E-state index in [4.69, 9.17) is 4.74 Å². The van der Waals surface area contributed by atoms with Crippen LogP contribution in [0, 0.1) is 0 Å². The molecular weight excluding hydrogens is 284 g/mol. The molecule has 90 valence electrons. The van der Waals surface area contributed by atoms with Crippen LogP contribution in [-0.2, 0) is 4.74 Å². The number of nitrogens with zero attached hydrogens (tertiary/aromatic N) is 1. The molecule has 0 amide bonds. The maximum atomic E-state index is 9.60. The fourth-order valence-corrected chi connectivity index (χ4v) is 1.74. The second-order valence-electron chi connectivity index (χ2n) is 3.50. The molecule has 0 aliphatic rings. The van der Waals surface area contributed by atoms with Crippen LogP contribution in [-0.4, -0.2) is 21.7 Å². The van der Waals surface area contributed by atoms with Gasteiger partial charge in [0.2, 0.25) is 6.29 Å². The van der Waals surface area contributed by atoms with Crippen molar-refractivity contribution in [1.82, 2.24) is 9.97 Å². The van der Waals surface area contributed by atoms with Crippen LogP contribution in [0.1, 0.15) is 19.0 Å². The normalized spacial score (nSPS) is 12.6. The third-order valence-electron chi connectivity index (χ3n) is 2.31. The zero-order valence-corrected chi connectivity index (χ0v) is 10.9. The van der Waals surface area contributed by atoms with Crippen LogP contribution in [0.25, 0.3) is 11.3 Å². The monoisotopic (exact) mass is 296 g/mol. The predicted octanol–water partition coefficient (Wildman–Crippen LogP) is 2.87. The molecule has 17 heavy (non-hydrogen) atoms. The summed E-state index contributed by atoms with van der Waals surface area (Å²) in [5, 5.41) is 9.60. The first kappa shape index (κ1) is 12.3. The number of hydrogen-bond acceptors (Lipinski definition) is 3. The Balaban J connectivity index is 2.20. The van der Waals surface area contributed by atoms with E-state index in [9.17, 15) is 5.11 Å². The van der Waals surface area contributed by atoms with E-state index in [1.54, 1.807) is 6.20 Å². The van der Waals surface area contributed by atoms with Crippen LogP contribution >= 0.6 is 15.9 Å². The first-order valence-electron chi connectivity index (χ1n) is 5.31. The lowest BCUT2D eigenvalue weighted by atomic mass is 10.2. The van der Waals surface area contributed by atoms with E-state index in [2.05, 4.69) is 25.9 Å². The second-order valence-corrected chi connectivity index (χ2v) is 4.41. The lowest BCUT2D eigenvalue weighted by molar-refractivity contribution is -0.103. The van der Waals surface area contributed by atoms with Gasteiger partial charge in [0.1, 0.15) is 0 Å². The van der Waals surface area contributed by atoms with E-state index in [1.807, 2.05) is 31.2 Å². The van der Waals surface area contributed by atoms with Gasteiger partial charge in [0.15, 0.2) is 5.82 Å². The highest BCUT2D eigenvalue weighted by molar-refractivity contribution is 9.10. The zero-order chi connectivity index (χ0) is 12.3. The van der Waals surface area contributed by atoms with Crippen LogP contribution < -0.4 is 0 Å². The molecule has 0 aliphatic carbocycles. The molecule has 0 saturated heterocycles. The molecule has 0 fully saturated rings. The summed E-state index contributed by atoms with van der Waals surface area (Å²) in [4.78, 5) is 7.12. The molecular formula is C12H13BrN2O2. The average Bonchev–Trinajstić information content (AvgIpc) is 2.80.